The van der Waals surface area contributed by atoms with Gasteiger partial charge >= 0.3 is 0 Å². The van der Waals surface area contributed by atoms with Gasteiger partial charge < -0.3 is 25.5 Å². The second-order valence-electron chi connectivity index (χ2n) is 2.36. The smallest absolute Gasteiger partial charge is 0.113 e. The van der Waals surface area contributed by atoms with Gasteiger partial charge in [-0.05, 0) is 0 Å². The molecule has 0 aliphatic rings. The summed E-state index contributed by atoms with van der Waals surface area (Å²) in [6.45, 7) is -0.692. The molecule has 4 atom stereocenters. The van der Waals surface area contributed by atoms with Crippen LogP contribution in [0.5, 0.6) is 0 Å². The summed E-state index contributed by atoms with van der Waals surface area (Å²) in [5, 5.41) is 44.9. The maximum atomic E-state index is 9.02. The SMILES string of the molecule is OC[C@@H](O)[C@@H](O)[C@@H](O)[C@@H](O)C=S. The van der Waals surface area contributed by atoms with E-state index in [4.69, 9.17) is 25.5 Å². The van der Waals surface area contributed by atoms with Crippen LogP contribution in [0.25, 0.3) is 0 Å². The van der Waals surface area contributed by atoms with Crippen LogP contribution in [0.15, 0.2) is 0 Å². The monoisotopic (exact) mass is 196 g/mol. The van der Waals surface area contributed by atoms with E-state index in [1.165, 1.54) is 0 Å². The van der Waals surface area contributed by atoms with E-state index in [1.807, 2.05) is 0 Å². The maximum absolute atomic E-state index is 9.02. The third kappa shape index (κ3) is 3.10. The molecule has 0 unspecified atom stereocenters. The molecule has 72 valence electrons. The molecule has 0 amide bonds. The summed E-state index contributed by atoms with van der Waals surface area (Å²) in [4.78, 5) is 0. The molecule has 0 saturated carbocycles. The van der Waals surface area contributed by atoms with Crippen molar-refractivity contribution < 1.29 is 25.5 Å². The lowest BCUT2D eigenvalue weighted by Gasteiger charge is -2.23. The Balaban J connectivity index is 4.07. The van der Waals surface area contributed by atoms with Gasteiger partial charge in [-0.3, -0.25) is 0 Å². The molecule has 5 N–H and O–H groups in total. The predicted molar refractivity (Wildman–Crippen MR) is 44.8 cm³/mol. The Bertz CT molecular complexity index is 142. The molecule has 0 bridgehead atoms. The Morgan fingerprint density at radius 2 is 1.58 bits per heavy atom. The standard InChI is InChI=1S/C6H12O5S/c7-1-3(8)5(10)6(11)4(9)2-12/h2-11H,1H2/t3-,4+,5-,6+/m1/s1. The molecule has 0 aromatic heterocycles. The van der Waals surface area contributed by atoms with Crippen LogP contribution in [0, 0.1) is 0 Å². The number of thiocarbonyl (C=S) groups is 1. The molecule has 0 aromatic carbocycles. The fourth-order valence-corrected chi connectivity index (χ4v) is 0.779. The van der Waals surface area contributed by atoms with Crippen molar-refractivity contribution in [3.8, 4) is 0 Å². The molecular weight excluding hydrogens is 184 g/mol. The summed E-state index contributed by atoms with van der Waals surface area (Å²) in [5.41, 5.74) is 0. The zero-order valence-corrected chi connectivity index (χ0v) is 7.05. The van der Waals surface area contributed by atoms with Crippen molar-refractivity contribution in [3.05, 3.63) is 0 Å². The quantitative estimate of drug-likeness (QED) is 0.310. The van der Waals surface area contributed by atoms with E-state index in [0.717, 1.165) is 5.37 Å². The number of aliphatic hydroxyl groups excluding tert-OH is 5. The first-order valence-electron chi connectivity index (χ1n) is 3.33. The number of aliphatic hydroxyl groups is 5. The second kappa shape index (κ2) is 5.52. The minimum absolute atomic E-state index is 0.692. The third-order valence-electron chi connectivity index (χ3n) is 1.42. The average molecular weight is 196 g/mol. The van der Waals surface area contributed by atoms with Crippen molar-refractivity contribution in [1.82, 2.24) is 0 Å². The summed E-state index contributed by atoms with van der Waals surface area (Å²) < 4.78 is 0. The molecule has 0 saturated heterocycles. The number of hydrogen-bond acceptors (Lipinski definition) is 6. The Morgan fingerprint density at radius 1 is 1.08 bits per heavy atom. The molecule has 12 heavy (non-hydrogen) atoms. The molecular formula is C6H12O5S. The van der Waals surface area contributed by atoms with Gasteiger partial charge in [-0.25, -0.2) is 0 Å². The summed E-state index contributed by atoms with van der Waals surface area (Å²) in [5.74, 6) is 0. The van der Waals surface area contributed by atoms with E-state index in [2.05, 4.69) is 12.2 Å². The molecule has 0 radical (unpaired) electrons. The van der Waals surface area contributed by atoms with Crippen LogP contribution in [0.2, 0.25) is 0 Å². The Kier molecular flexibility index (Phi) is 5.47. The molecule has 0 aliphatic carbocycles. The predicted octanol–water partition coefficient (Wildman–Crippen LogP) is -2.58. The van der Waals surface area contributed by atoms with Crippen LogP contribution in [-0.4, -0.2) is 61.9 Å². The lowest BCUT2D eigenvalue weighted by atomic mass is 10.0. The Labute approximate surface area is 74.9 Å². The van der Waals surface area contributed by atoms with E-state index in [0.29, 0.717) is 0 Å². The van der Waals surface area contributed by atoms with Gasteiger partial charge in [0.1, 0.15) is 24.4 Å². The highest BCUT2D eigenvalue weighted by atomic mass is 32.1. The number of hydrogen-bond donors (Lipinski definition) is 5. The highest BCUT2D eigenvalue weighted by molar-refractivity contribution is 7.79. The van der Waals surface area contributed by atoms with Crippen molar-refractivity contribution in [2.75, 3.05) is 6.61 Å². The van der Waals surface area contributed by atoms with Gasteiger partial charge in [0.25, 0.3) is 0 Å². The van der Waals surface area contributed by atoms with Gasteiger partial charge in [0.15, 0.2) is 0 Å². The van der Waals surface area contributed by atoms with Crippen LogP contribution in [-0.2, 0) is 0 Å². The van der Waals surface area contributed by atoms with E-state index < -0.39 is 31.0 Å². The van der Waals surface area contributed by atoms with Crippen molar-refractivity contribution >= 4 is 17.6 Å². The fourth-order valence-electron chi connectivity index (χ4n) is 0.618. The molecule has 6 heteroatoms. The Hall–Kier alpha value is -0.110. The highest BCUT2D eigenvalue weighted by Gasteiger charge is 2.28. The summed E-state index contributed by atoms with van der Waals surface area (Å²) in [6.07, 6.45) is -6.06. The normalized spacial score (nSPS) is 21.1. The summed E-state index contributed by atoms with van der Waals surface area (Å²) in [6, 6.07) is 0. The molecule has 5 nitrogen and oxygen atoms in total. The summed E-state index contributed by atoms with van der Waals surface area (Å²) in [7, 11) is 0. The largest absolute Gasteiger partial charge is 0.394 e. The first kappa shape index (κ1) is 11.9. The van der Waals surface area contributed by atoms with Gasteiger partial charge in [-0.2, -0.15) is 0 Å². The van der Waals surface area contributed by atoms with Gasteiger partial charge in [0.2, 0.25) is 0 Å². The van der Waals surface area contributed by atoms with E-state index in [1.54, 1.807) is 0 Å². The van der Waals surface area contributed by atoms with Gasteiger partial charge in [-0.1, -0.05) is 12.2 Å². The van der Waals surface area contributed by atoms with Gasteiger partial charge in [0.05, 0.1) is 6.61 Å². The fraction of sp³-hybridized carbons (Fsp3) is 0.833. The van der Waals surface area contributed by atoms with Crippen molar-refractivity contribution in [2.45, 2.75) is 24.4 Å². The molecule has 0 fully saturated rings. The van der Waals surface area contributed by atoms with Crippen LogP contribution < -0.4 is 0 Å². The third-order valence-corrected chi connectivity index (χ3v) is 1.70. The van der Waals surface area contributed by atoms with Crippen LogP contribution >= 0.6 is 12.2 Å². The van der Waals surface area contributed by atoms with Crippen LogP contribution in [0.1, 0.15) is 0 Å². The van der Waals surface area contributed by atoms with Crippen molar-refractivity contribution in [1.29, 1.82) is 0 Å². The van der Waals surface area contributed by atoms with Gasteiger partial charge in [0, 0.05) is 5.37 Å². The van der Waals surface area contributed by atoms with Crippen molar-refractivity contribution in [3.63, 3.8) is 0 Å². The first-order chi connectivity index (χ1) is 5.54. The van der Waals surface area contributed by atoms with E-state index in [9.17, 15) is 0 Å². The first-order valence-corrected chi connectivity index (χ1v) is 3.80. The van der Waals surface area contributed by atoms with Gasteiger partial charge in [-0.15, -0.1) is 0 Å². The second-order valence-corrected chi connectivity index (χ2v) is 2.63. The highest BCUT2D eigenvalue weighted by Crippen LogP contribution is 2.03. The lowest BCUT2D eigenvalue weighted by Crippen LogP contribution is -2.46. The maximum Gasteiger partial charge on any atom is 0.113 e. The van der Waals surface area contributed by atoms with Crippen LogP contribution in [0.3, 0.4) is 0 Å². The minimum atomic E-state index is -1.61. The van der Waals surface area contributed by atoms with Crippen molar-refractivity contribution in [2.24, 2.45) is 0 Å². The summed E-state index contributed by atoms with van der Waals surface area (Å²) >= 11 is 4.30. The Morgan fingerprint density at radius 3 is 1.92 bits per heavy atom. The number of rotatable bonds is 5. The molecule has 0 heterocycles. The molecule has 0 aliphatic heterocycles. The molecule has 0 rings (SSSR count). The average Bonchev–Trinajstić information content (AvgIpc) is 2.12. The van der Waals surface area contributed by atoms with E-state index >= 15 is 0 Å². The topological polar surface area (TPSA) is 101 Å². The molecule has 0 spiro atoms. The zero-order valence-electron chi connectivity index (χ0n) is 6.24. The van der Waals surface area contributed by atoms with Crippen LogP contribution in [0.4, 0.5) is 0 Å². The lowest BCUT2D eigenvalue weighted by molar-refractivity contribution is -0.0996. The minimum Gasteiger partial charge on any atom is -0.394 e. The van der Waals surface area contributed by atoms with E-state index in [-0.39, 0.29) is 0 Å². The zero-order chi connectivity index (χ0) is 9.72. The molecule has 0 aromatic rings.